The third-order valence-corrected chi connectivity index (χ3v) is 5.68. The van der Waals surface area contributed by atoms with Crippen molar-refractivity contribution in [3.63, 3.8) is 0 Å². The summed E-state index contributed by atoms with van der Waals surface area (Å²) < 4.78 is 0. The molecule has 0 atom stereocenters. The highest BCUT2D eigenvalue weighted by Crippen LogP contribution is 2.56. The monoisotopic (exact) mass is 265 g/mol. The lowest BCUT2D eigenvalue weighted by atomic mass is 9.62. The van der Waals surface area contributed by atoms with Crippen LogP contribution in [0.3, 0.4) is 0 Å². The fraction of sp³-hybridized carbons (Fsp3) is 1.00. The Morgan fingerprint density at radius 3 is 2.05 bits per heavy atom. The van der Waals surface area contributed by atoms with Crippen LogP contribution in [0.2, 0.25) is 0 Å². The number of hydrogen-bond acceptors (Lipinski definition) is 1. The largest absolute Gasteiger partial charge is 0.316 e. The van der Waals surface area contributed by atoms with Gasteiger partial charge in [-0.2, -0.15) is 0 Å². The molecule has 2 aliphatic rings. The van der Waals surface area contributed by atoms with Crippen molar-refractivity contribution in [1.29, 1.82) is 0 Å². The van der Waals surface area contributed by atoms with E-state index in [2.05, 4.69) is 39.9 Å². The molecule has 0 bridgehead atoms. The minimum Gasteiger partial charge on any atom is -0.316 e. The molecule has 19 heavy (non-hydrogen) atoms. The molecule has 2 aliphatic carbocycles. The minimum atomic E-state index is 0.515. The van der Waals surface area contributed by atoms with Crippen LogP contribution in [0.15, 0.2) is 0 Å². The molecular formula is C18H35N. The molecule has 0 aliphatic heterocycles. The third-order valence-electron chi connectivity index (χ3n) is 5.68. The van der Waals surface area contributed by atoms with E-state index in [9.17, 15) is 0 Å². The van der Waals surface area contributed by atoms with E-state index in [-0.39, 0.29) is 0 Å². The Labute approximate surface area is 120 Å². The molecule has 0 heterocycles. The quantitative estimate of drug-likeness (QED) is 0.748. The summed E-state index contributed by atoms with van der Waals surface area (Å²) in [5, 5.41) is 3.77. The van der Waals surface area contributed by atoms with E-state index in [4.69, 9.17) is 0 Å². The van der Waals surface area contributed by atoms with Crippen molar-refractivity contribution in [2.75, 3.05) is 13.1 Å². The predicted octanol–water partition coefficient (Wildman–Crippen LogP) is 4.86. The number of nitrogens with one attached hydrogen (secondary N) is 1. The molecule has 2 rings (SSSR count). The first-order chi connectivity index (χ1) is 8.83. The maximum atomic E-state index is 3.77. The van der Waals surface area contributed by atoms with E-state index in [1.165, 1.54) is 51.6 Å². The van der Waals surface area contributed by atoms with Crippen molar-refractivity contribution in [2.24, 2.45) is 28.6 Å². The zero-order chi connectivity index (χ0) is 14.1. The molecule has 0 unspecified atom stereocenters. The van der Waals surface area contributed by atoms with Crippen LogP contribution in [0.4, 0.5) is 0 Å². The highest BCUT2D eigenvalue weighted by Gasteiger charge is 2.47. The van der Waals surface area contributed by atoms with Crippen molar-refractivity contribution in [3.8, 4) is 0 Å². The molecule has 0 spiro atoms. The van der Waals surface area contributed by atoms with Crippen LogP contribution in [-0.2, 0) is 0 Å². The maximum Gasteiger partial charge on any atom is 0.00106 e. The van der Waals surface area contributed by atoms with Gasteiger partial charge in [0, 0.05) is 6.54 Å². The standard InChI is InChI=1S/C18H35N/c1-14(2)12-19-13-18(16-6-7-16)10-8-15(9-11-18)17(3,4)5/h14-16,19H,6-13H2,1-5H3. The second-order valence-corrected chi connectivity index (χ2v) is 8.80. The topological polar surface area (TPSA) is 12.0 Å². The Kier molecular flexibility index (Phi) is 4.65. The highest BCUT2D eigenvalue weighted by atomic mass is 14.9. The van der Waals surface area contributed by atoms with Gasteiger partial charge in [-0.1, -0.05) is 34.6 Å². The van der Waals surface area contributed by atoms with Crippen LogP contribution >= 0.6 is 0 Å². The molecule has 2 saturated carbocycles. The van der Waals surface area contributed by atoms with E-state index >= 15 is 0 Å². The van der Waals surface area contributed by atoms with Gasteiger partial charge in [0.2, 0.25) is 0 Å². The lowest BCUT2D eigenvalue weighted by molar-refractivity contribution is 0.0693. The van der Waals surface area contributed by atoms with E-state index in [1.54, 1.807) is 0 Å². The van der Waals surface area contributed by atoms with Crippen molar-refractivity contribution < 1.29 is 0 Å². The summed E-state index contributed by atoms with van der Waals surface area (Å²) in [6.45, 7) is 14.4. The summed E-state index contributed by atoms with van der Waals surface area (Å²) in [4.78, 5) is 0. The van der Waals surface area contributed by atoms with Crippen molar-refractivity contribution >= 4 is 0 Å². The average Bonchev–Trinajstić information content (AvgIpc) is 3.11. The van der Waals surface area contributed by atoms with E-state index in [0.29, 0.717) is 10.8 Å². The molecule has 0 aromatic heterocycles. The first-order valence-electron chi connectivity index (χ1n) is 8.54. The second kappa shape index (κ2) is 5.76. The summed E-state index contributed by atoms with van der Waals surface area (Å²) in [7, 11) is 0. The number of hydrogen-bond donors (Lipinski definition) is 1. The Morgan fingerprint density at radius 2 is 1.63 bits per heavy atom. The van der Waals surface area contributed by atoms with Crippen molar-refractivity contribution in [3.05, 3.63) is 0 Å². The van der Waals surface area contributed by atoms with Crippen molar-refractivity contribution in [1.82, 2.24) is 5.32 Å². The maximum absolute atomic E-state index is 3.77. The predicted molar refractivity (Wildman–Crippen MR) is 84.3 cm³/mol. The van der Waals surface area contributed by atoms with Crippen LogP contribution in [0, 0.1) is 28.6 Å². The van der Waals surface area contributed by atoms with Gasteiger partial charge in [-0.15, -0.1) is 0 Å². The smallest absolute Gasteiger partial charge is 0.00106 e. The summed E-state index contributed by atoms with van der Waals surface area (Å²) in [5.41, 5.74) is 1.18. The minimum absolute atomic E-state index is 0.515. The second-order valence-electron chi connectivity index (χ2n) is 8.80. The van der Waals surface area contributed by atoms with Gasteiger partial charge in [-0.25, -0.2) is 0 Å². The SMILES string of the molecule is CC(C)CNCC1(C2CC2)CCC(C(C)(C)C)CC1. The van der Waals surface area contributed by atoms with Gasteiger partial charge in [0.1, 0.15) is 0 Å². The summed E-state index contributed by atoms with van der Waals surface area (Å²) in [6, 6.07) is 0. The molecule has 0 aromatic carbocycles. The fourth-order valence-electron chi connectivity index (χ4n) is 4.09. The molecule has 0 aromatic rings. The Hall–Kier alpha value is -0.0400. The van der Waals surface area contributed by atoms with Crippen LogP contribution in [0.1, 0.15) is 73.1 Å². The molecule has 112 valence electrons. The Morgan fingerprint density at radius 1 is 1.05 bits per heavy atom. The van der Waals surface area contributed by atoms with Gasteiger partial charge in [0.25, 0.3) is 0 Å². The first kappa shape index (κ1) is 15.4. The molecule has 1 heteroatoms. The zero-order valence-corrected chi connectivity index (χ0v) is 13.9. The van der Waals surface area contributed by atoms with Crippen molar-refractivity contribution in [2.45, 2.75) is 73.1 Å². The fourth-order valence-corrected chi connectivity index (χ4v) is 4.09. The third kappa shape index (κ3) is 3.97. The van der Waals surface area contributed by atoms with Gasteiger partial charge >= 0.3 is 0 Å². The van der Waals surface area contributed by atoms with Gasteiger partial charge in [-0.05, 0) is 73.7 Å². The van der Waals surface area contributed by atoms with E-state index < -0.39 is 0 Å². The van der Waals surface area contributed by atoms with Crippen LogP contribution in [-0.4, -0.2) is 13.1 Å². The molecule has 0 amide bonds. The Balaban J connectivity index is 1.88. The van der Waals surface area contributed by atoms with Crippen LogP contribution in [0.25, 0.3) is 0 Å². The molecule has 2 fully saturated rings. The van der Waals surface area contributed by atoms with Gasteiger partial charge in [0.15, 0.2) is 0 Å². The van der Waals surface area contributed by atoms with Crippen LogP contribution in [0.5, 0.6) is 0 Å². The molecule has 1 N–H and O–H groups in total. The molecule has 0 radical (unpaired) electrons. The summed E-state index contributed by atoms with van der Waals surface area (Å²) in [6.07, 6.45) is 8.88. The van der Waals surface area contributed by atoms with Gasteiger partial charge in [-0.3, -0.25) is 0 Å². The van der Waals surface area contributed by atoms with Crippen LogP contribution < -0.4 is 5.32 Å². The lowest BCUT2D eigenvalue weighted by Gasteiger charge is -2.45. The normalized spacial score (nSPS) is 32.8. The molecule has 0 saturated heterocycles. The molecule has 1 nitrogen and oxygen atoms in total. The highest BCUT2D eigenvalue weighted by molar-refractivity contribution is 4.99. The zero-order valence-electron chi connectivity index (χ0n) is 13.9. The number of rotatable bonds is 5. The van der Waals surface area contributed by atoms with E-state index in [0.717, 1.165) is 17.8 Å². The lowest BCUT2D eigenvalue weighted by Crippen LogP contribution is -2.42. The van der Waals surface area contributed by atoms with E-state index in [1.807, 2.05) is 0 Å². The van der Waals surface area contributed by atoms with Gasteiger partial charge in [0.05, 0.1) is 0 Å². The first-order valence-corrected chi connectivity index (χ1v) is 8.54. The molecular weight excluding hydrogens is 230 g/mol. The summed E-state index contributed by atoms with van der Waals surface area (Å²) in [5.74, 6) is 2.78. The summed E-state index contributed by atoms with van der Waals surface area (Å²) >= 11 is 0. The van der Waals surface area contributed by atoms with Gasteiger partial charge < -0.3 is 5.32 Å². The average molecular weight is 265 g/mol. The Bertz CT molecular complexity index is 275.